The third-order valence-corrected chi connectivity index (χ3v) is 4.57. The van der Waals surface area contributed by atoms with E-state index in [0.717, 1.165) is 34.3 Å². The van der Waals surface area contributed by atoms with Crippen molar-refractivity contribution in [2.24, 2.45) is 0 Å². The number of rotatable bonds is 7. The Labute approximate surface area is 154 Å². The summed E-state index contributed by atoms with van der Waals surface area (Å²) in [6, 6.07) is 17.8. The SMILES string of the molecule is CCc1oc2ccccc2c1CN(C)C(=O)C(C)OCc1ccccc1. The highest BCUT2D eigenvalue weighted by atomic mass is 16.5. The smallest absolute Gasteiger partial charge is 0.251 e. The van der Waals surface area contributed by atoms with E-state index >= 15 is 0 Å². The van der Waals surface area contributed by atoms with Crippen LogP contribution in [-0.4, -0.2) is 24.0 Å². The summed E-state index contributed by atoms with van der Waals surface area (Å²) in [5.74, 6) is 0.900. The Hall–Kier alpha value is -2.59. The summed E-state index contributed by atoms with van der Waals surface area (Å²) in [7, 11) is 1.81. The van der Waals surface area contributed by atoms with Crippen molar-refractivity contribution in [1.82, 2.24) is 4.90 Å². The largest absolute Gasteiger partial charge is 0.461 e. The Morgan fingerprint density at radius 2 is 1.81 bits per heavy atom. The van der Waals surface area contributed by atoms with E-state index in [2.05, 4.69) is 6.92 Å². The van der Waals surface area contributed by atoms with Gasteiger partial charge in [-0.15, -0.1) is 0 Å². The van der Waals surface area contributed by atoms with Crippen molar-refractivity contribution in [3.8, 4) is 0 Å². The molecule has 26 heavy (non-hydrogen) atoms. The highest BCUT2D eigenvalue weighted by molar-refractivity contribution is 5.84. The molecule has 0 spiro atoms. The zero-order valence-corrected chi connectivity index (χ0v) is 15.6. The molecule has 4 nitrogen and oxygen atoms in total. The number of hydrogen-bond donors (Lipinski definition) is 0. The third kappa shape index (κ3) is 3.97. The second-order valence-electron chi connectivity index (χ2n) is 6.49. The number of furan rings is 1. The van der Waals surface area contributed by atoms with Crippen molar-refractivity contribution in [2.45, 2.75) is 39.5 Å². The van der Waals surface area contributed by atoms with Crippen LogP contribution in [0.2, 0.25) is 0 Å². The van der Waals surface area contributed by atoms with Gasteiger partial charge in [0.1, 0.15) is 17.4 Å². The Kier molecular flexibility index (Phi) is 5.74. The number of para-hydroxylation sites is 1. The van der Waals surface area contributed by atoms with Crippen LogP contribution in [0.15, 0.2) is 59.0 Å². The molecule has 0 fully saturated rings. The van der Waals surface area contributed by atoms with E-state index in [1.54, 1.807) is 11.8 Å². The molecule has 3 aromatic rings. The number of carbonyl (C=O) groups excluding carboxylic acids is 1. The lowest BCUT2D eigenvalue weighted by molar-refractivity contribution is -0.142. The maximum atomic E-state index is 12.7. The minimum absolute atomic E-state index is 0.0340. The summed E-state index contributed by atoms with van der Waals surface area (Å²) in [5.41, 5.74) is 3.01. The Bertz CT molecular complexity index is 869. The van der Waals surface area contributed by atoms with Crippen molar-refractivity contribution in [2.75, 3.05) is 7.05 Å². The first-order chi connectivity index (χ1) is 12.6. The maximum absolute atomic E-state index is 12.7. The lowest BCUT2D eigenvalue weighted by Crippen LogP contribution is -2.36. The molecule has 0 saturated heterocycles. The first-order valence-corrected chi connectivity index (χ1v) is 9.00. The van der Waals surface area contributed by atoms with Gasteiger partial charge in [0.2, 0.25) is 0 Å². The second kappa shape index (κ2) is 8.19. The molecule has 1 unspecified atom stereocenters. The quantitative estimate of drug-likeness (QED) is 0.627. The zero-order chi connectivity index (χ0) is 18.5. The van der Waals surface area contributed by atoms with E-state index in [1.807, 2.05) is 61.6 Å². The Morgan fingerprint density at radius 1 is 1.12 bits per heavy atom. The molecule has 0 aliphatic carbocycles. The molecule has 0 aliphatic rings. The van der Waals surface area contributed by atoms with Crippen LogP contribution in [0.5, 0.6) is 0 Å². The minimum atomic E-state index is -0.497. The molecule has 0 radical (unpaired) electrons. The Balaban J connectivity index is 1.67. The van der Waals surface area contributed by atoms with Gasteiger partial charge < -0.3 is 14.1 Å². The van der Waals surface area contributed by atoms with Gasteiger partial charge in [-0.1, -0.05) is 55.5 Å². The molecule has 1 atom stereocenters. The van der Waals surface area contributed by atoms with Crippen molar-refractivity contribution >= 4 is 16.9 Å². The lowest BCUT2D eigenvalue weighted by atomic mass is 10.1. The molecule has 3 rings (SSSR count). The van der Waals surface area contributed by atoms with Gasteiger partial charge >= 0.3 is 0 Å². The molecule has 4 heteroatoms. The van der Waals surface area contributed by atoms with Crippen LogP contribution in [0.4, 0.5) is 0 Å². The molecule has 0 aliphatic heterocycles. The van der Waals surface area contributed by atoms with Crippen LogP contribution >= 0.6 is 0 Å². The standard InChI is InChI=1S/C22H25NO3/c1-4-20-19(18-12-8-9-13-21(18)26-20)14-23(3)22(24)16(2)25-15-17-10-6-5-7-11-17/h5-13,16H,4,14-15H2,1-3H3. The van der Waals surface area contributed by atoms with Crippen molar-refractivity contribution < 1.29 is 13.9 Å². The number of amides is 1. The molecule has 0 N–H and O–H groups in total. The second-order valence-corrected chi connectivity index (χ2v) is 6.49. The van der Waals surface area contributed by atoms with Crippen LogP contribution in [-0.2, 0) is 29.1 Å². The first-order valence-electron chi connectivity index (χ1n) is 9.00. The van der Waals surface area contributed by atoms with Crippen LogP contribution < -0.4 is 0 Å². The average Bonchev–Trinajstić information content (AvgIpc) is 3.04. The van der Waals surface area contributed by atoms with Gasteiger partial charge in [0.05, 0.1) is 6.61 Å². The molecule has 1 aromatic heterocycles. The topological polar surface area (TPSA) is 42.7 Å². The van der Waals surface area contributed by atoms with E-state index in [-0.39, 0.29) is 5.91 Å². The molecule has 136 valence electrons. The number of ether oxygens (including phenoxy) is 1. The van der Waals surface area contributed by atoms with E-state index in [1.165, 1.54) is 0 Å². The fraction of sp³-hybridized carbons (Fsp3) is 0.318. The minimum Gasteiger partial charge on any atom is -0.461 e. The molecule has 1 amide bonds. The molecule has 1 heterocycles. The summed E-state index contributed by atoms with van der Waals surface area (Å²) < 4.78 is 11.7. The number of hydrogen-bond acceptors (Lipinski definition) is 3. The van der Waals surface area contributed by atoms with Gasteiger partial charge in [0.25, 0.3) is 5.91 Å². The highest BCUT2D eigenvalue weighted by Crippen LogP contribution is 2.27. The van der Waals surface area contributed by atoms with Crippen molar-refractivity contribution in [3.63, 3.8) is 0 Å². The fourth-order valence-electron chi connectivity index (χ4n) is 3.10. The predicted octanol–water partition coefficient (Wildman–Crippen LogP) is 4.56. The van der Waals surface area contributed by atoms with E-state index in [9.17, 15) is 4.79 Å². The van der Waals surface area contributed by atoms with Crippen LogP contribution in [0.25, 0.3) is 11.0 Å². The molecular formula is C22H25NO3. The average molecular weight is 351 g/mol. The number of carbonyl (C=O) groups is 1. The van der Waals surface area contributed by atoms with E-state index < -0.39 is 6.10 Å². The molecule has 0 saturated carbocycles. The third-order valence-electron chi connectivity index (χ3n) is 4.57. The number of likely N-dealkylation sites (N-methyl/N-ethyl adjacent to an activating group) is 1. The van der Waals surface area contributed by atoms with Gasteiger partial charge in [0.15, 0.2) is 0 Å². The first kappa shape index (κ1) is 18.2. The van der Waals surface area contributed by atoms with Crippen LogP contribution in [0, 0.1) is 0 Å². The van der Waals surface area contributed by atoms with Crippen LogP contribution in [0.3, 0.4) is 0 Å². The van der Waals surface area contributed by atoms with Crippen molar-refractivity contribution in [3.05, 3.63) is 71.5 Å². The van der Waals surface area contributed by atoms with Gasteiger partial charge in [-0.05, 0) is 18.6 Å². The van der Waals surface area contributed by atoms with Gasteiger partial charge in [0, 0.05) is 31.0 Å². The predicted molar refractivity (Wildman–Crippen MR) is 103 cm³/mol. The lowest BCUT2D eigenvalue weighted by Gasteiger charge is -2.22. The molecule has 0 bridgehead atoms. The molecule has 2 aromatic carbocycles. The number of benzene rings is 2. The summed E-state index contributed by atoms with van der Waals surface area (Å²) in [4.78, 5) is 14.4. The highest BCUT2D eigenvalue weighted by Gasteiger charge is 2.21. The number of aryl methyl sites for hydroxylation is 1. The number of nitrogens with zero attached hydrogens (tertiary/aromatic N) is 1. The summed E-state index contributed by atoms with van der Waals surface area (Å²) >= 11 is 0. The molecular weight excluding hydrogens is 326 g/mol. The monoisotopic (exact) mass is 351 g/mol. The van der Waals surface area contributed by atoms with Crippen LogP contribution in [0.1, 0.15) is 30.7 Å². The number of fused-ring (bicyclic) bond motifs is 1. The van der Waals surface area contributed by atoms with E-state index in [0.29, 0.717) is 13.2 Å². The normalized spacial score (nSPS) is 12.3. The Morgan fingerprint density at radius 3 is 2.54 bits per heavy atom. The van der Waals surface area contributed by atoms with E-state index in [4.69, 9.17) is 9.15 Å². The van der Waals surface area contributed by atoms with Gasteiger partial charge in [-0.25, -0.2) is 0 Å². The van der Waals surface area contributed by atoms with Crippen molar-refractivity contribution in [1.29, 1.82) is 0 Å². The van der Waals surface area contributed by atoms with Gasteiger partial charge in [-0.3, -0.25) is 4.79 Å². The summed E-state index contributed by atoms with van der Waals surface area (Å²) in [5, 5.41) is 1.07. The summed E-state index contributed by atoms with van der Waals surface area (Å²) in [6.07, 6.45) is 0.301. The summed E-state index contributed by atoms with van der Waals surface area (Å²) in [6.45, 7) is 4.80. The maximum Gasteiger partial charge on any atom is 0.251 e. The zero-order valence-electron chi connectivity index (χ0n) is 15.6. The van der Waals surface area contributed by atoms with Gasteiger partial charge in [-0.2, -0.15) is 0 Å². The fourth-order valence-corrected chi connectivity index (χ4v) is 3.10.